The van der Waals surface area contributed by atoms with Crippen molar-refractivity contribution < 1.29 is 37.0 Å². The van der Waals surface area contributed by atoms with Crippen LogP contribution in [0.5, 0.6) is 0 Å². The van der Waals surface area contributed by atoms with Crippen molar-refractivity contribution in [3.05, 3.63) is 236 Å². The molecule has 1 unspecified atom stereocenters. The molecular formula is C58H41N5Si. The summed E-state index contributed by atoms with van der Waals surface area (Å²) in [7, 11) is -5.23. The van der Waals surface area contributed by atoms with Crippen molar-refractivity contribution in [1.82, 2.24) is 24.1 Å². The number of aromatic nitrogens is 5. The molecule has 0 aliphatic rings. The fourth-order valence-electron chi connectivity index (χ4n) is 8.20. The molecule has 12 rings (SSSR count). The van der Waals surface area contributed by atoms with E-state index in [0.29, 0.717) is 11.1 Å². The maximum atomic E-state index is 10.7. The summed E-state index contributed by atoms with van der Waals surface area (Å²) in [6.45, 7) is -3.31. The van der Waals surface area contributed by atoms with E-state index in [4.69, 9.17) is 31.4 Å². The van der Waals surface area contributed by atoms with E-state index < -0.39 is 243 Å². The summed E-state index contributed by atoms with van der Waals surface area (Å²) in [5.74, 6) is -2.72. The van der Waals surface area contributed by atoms with Gasteiger partial charge in [-0.1, -0.05) is 211 Å². The van der Waals surface area contributed by atoms with E-state index in [-0.39, 0.29) is 10.4 Å². The minimum Gasteiger partial charge on any atom is -0.278 e. The van der Waals surface area contributed by atoms with Crippen LogP contribution < -0.4 is 20.7 Å². The monoisotopic (exact) mass is 862 g/mol. The third-order valence-corrected chi connectivity index (χ3v) is 15.3. The van der Waals surface area contributed by atoms with Crippen LogP contribution in [0, 0.1) is 6.85 Å². The molecule has 64 heavy (non-hydrogen) atoms. The van der Waals surface area contributed by atoms with Gasteiger partial charge in [-0.25, -0.2) is 0 Å². The largest absolute Gasteiger partial charge is 0.278 e. The van der Waals surface area contributed by atoms with Gasteiger partial charge in [-0.15, -0.1) is 0 Å². The standard InChI is InChI=1S/C58H41N5Si/c1-40-19-16-26-45(37-40)64(44-24-6-3-7-25-44,46-27-17-22-42(38-46)41-20-4-2-5-21-41)47-28-18-23-43(39-47)56-59-57(62-52-33-12-8-29-48(52)49-30-9-13-34-53(49)62)61-58(60-56)63-54-35-14-10-31-50(54)51-32-11-15-36-55(51)63/h2-39H,1H3/i1D3,8D,9D,10D,11D,12D,13D,14D,15D,16D,18D,19D,23D,26D,28D,29D,30D,31D,32D,33D,34D,35D,36D,37D,39D. The second-order valence-electron chi connectivity index (χ2n) is 14.4. The Balaban J connectivity index is 1.36. The predicted octanol–water partition coefficient (Wildman–Crippen LogP) is 11.1. The Bertz CT molecular complexity index is 4890. The minimum atomic E-state index is -5.23. The Labute approximate surface area is 410 Å². The quantitative estimate of drug-likeness (QED) is 0.113. The highest BCUT2D eigenvalue weighted by atomic mass is 28.3. The van der Waals surface area contributed by atoms with E-state index in [2.05, 4.69) is 0 Å². The zero-order valence-corrected chi connectivity index (χ0v) is 33.8. The number of fused-ring (bicyclic) bond motifs is 6. The molecule has 0 N–H and O–H groups in total. The summed E-state index contributed by atoms with van der Waals surface area (Å²) in [4.78, 5) is 14.2. The Kier molecular flexibility index (Phi) is 4.56. The summed E-state index contributed by atoms with van der Waals surface area (Å²) in [5, 5.41) is -2.85. The van der Waals surface area contributed by atoms with Gasteiger partial charge in [-0.05, 0) is 62.9 Å². The molecule has 0 radical (unpaired) electrons. The third kappa shape index (κ3) is 6.03. The second-order valence-corrected chi connectivity index (χ2v) is 18.0. The fraction of sp³-hybridized carbons (Fsp3) is 0.0172. The molecule has 0 amide bonds. The van der Waals surface area contributed by atoms with Gasteiger partial charge in [0, 0.05) is 31.2 Å². The average Bonchev–Trinajstić information content (AvgIpc) is 1.64. The molecule has 0 saturated heterocycles. The molecule has 1 atom stereocenters. The predicted molar refractivity (Wildman–Crippen MR) is 268 cm³/mol. The molecule has 9 aromatic carbocycles. The van der Waals surface area contributed by atoms with Crippen LogP contribution in [0.3, 0.4) is 0 Å². The van der Waals surface area contributed by atoms with Crippen LogP contribution in [0.1, 0.15) is 42.6 Å². The van der Waals surface area contributed by atoms with Crippen LogP contribution in [-0.2, 0) is 0 Å². The highest BCUT2D eigenvalue weighted by Crippen LogP contribution is 2.34. The molecule has 0 aliphatic heterocycles. The molecule has 0 saturated carbocycles. The number of nitrogens with zero attached hydrogens (tertiary/aromatic N) is 5. The van der Waals surface area contributed by atoms with Gasteiger partial charge in [0.05, 0.1) is 55.0 Å². The van der Waals surface area contributed by atoms with Crippen molar-refractivity contribution in [1.29, 1.82) is 0 Å². The second kappa shape index (κ2) is 15.3. The van der Waals surface area contributed by atoms with Gasteiger partial charge < -0.3 is 0 Å². The zero-order valence-electron chi connectivity index (χ0n) is 59.8. The number of hydrogen-bond donors (Lipinski definition) is 0. The Morgan fingerprint density at radius 1 is 0.406 bits per heavy atom. The lowest BCUT2D eigenvalue weighted by atomic mass is 10.1. The summed E-state index contributed by atoms with van der Waals surface area (Å²) in [6, 6.07) is 1.67. The Morgan fingerprint density at radius 2 is 0.891 bits per heavy atom. The van der Waals surface area contributed by atoms with Gasteiger partial charge in [-0.3, -0.25) is 9.13 Å². The number of benzene rings is 9. The molecular weight excluding hydrogens is 795 g/mol. The highest BCUT2D eigenvalue weighted by Gasteiger charge is 2.42. The summed E-state index contributed by atoms with van der Waals surface area (Å²) in [5.41, 5.74) is -3.12. The van der Waals surface area contributed by atoms with Gasteiger partial charge in [0.2, 0.25) is 11.9 Å². The van der Waals surface area contributed by atoms with Crippen molar-refractivity contribution >= 4 is 72.4 Å². The van der Waals surface area contributed by atoms with E-state index in [9.17, 15) is 20.6 Å². The first kappa shape index (κ1) is 19.0. The van der Waals surface area contributed by atoms with Gasteiger partial charge in [0.15, 0.2) is 13.9 Å². The zero-order chi connectivity index (χ0) is 66.0. The first-order chi connectivity index (χ1) is 42.8. The minimum absolute atomic E-state index is 0.111. The maximum Gasteiger partial charge on any atom is 0.240 e. The van der Waals surface area contributed by atoms with Crippen LogP contribution in [-0.4, -0.2) is 32.2 Å². The number of para-hydroxylation sites is 4. The molecule has 0 bridgehead atoms. The molecule has 0 aliphatic carbocycles. The molecule has 3 heterocycles. The smallest absolute Gasteiger partial charge is 0.240 e. The van der Waals surface area contributed by atoms with Crippen LogP contribution in [0.2, 0.25) is 0 Å². The normalized spacial score (nSPS) is 18.7. The highest BCUT2D eigenvalue weighted by molar-refractivity contribution is 7.20. The first-order valence-electron chi connectivity index (χ1n) is 33.1. The fourth-order valence-corrected chi connectivity index (χ4v) is 12.5. The van der Waals surface area contributed by atoms with E-state index in [1.165, 1.54) is 18.2 Å². The van der Waals surface area contributed by atoms with Crippen molar-refractivity contribution in [3.63, 3.8) is 0 Å². The van der Waals surface area contributed by atoms with Gasteiger partial charge >= 0.3 is 0 Å². The van der Waals surface area contributed by atoms with E-state index in [1.807, 2.05) is 0 Å². The van der Waals surface area contributed by atoms with Crippen LogP contribution in [0.4, 0.5) is 0 Å². The van der Waals surface area contributed by atoms with Crippen molar-refractivity contribution in [2.45, 2.75) is 6.85 Å². The Hall–Kier alpha value is -8.19. The topological polar surface area (TPSA) is 48.5 Å². The van der Waals surface area contributed by atoms with E-state index >= 15 is 0 Å². The molecule has 6 heteroatoms. The lowest BCUT2D eigenvalue weighted by molar-refractivity contribution is 0.893. The molecule has 0 spiro atoms. The molecule has 0 fully saturated rings. The molecule has 12 aromatic rings. The lowest BCUT2D eigenvalue weighted by Gasteiger charge is -2.35. The summed E-state index contributed by atoms with van der Waals surface area (Å²) in [6.07, 6.45) is 0. The number of hydrogen-bond acceptors (Lipinski definition) is 3. The maximum absolute atomic E-state index is 10.7. The number of rotatable bonds is 8. The van der Waals surface area contributed by atoms with Crippen LogP contribution in [0.25, 0.3) is 78.0 Å². The third-order valence-electron chi connectivity index (χ3n) is 10.9. The van der Waals surface area contributed by atoms with Crippen molar-refractivity contribution in [2.75, 3.05) is 0 Å². The lowest BCUT2D eigenvalue weighted by Crippen LogP contribution is -2.74. The van der Waals surface area contributed by atoms with Gasteiger partial charge in [0.25, 0.3) is 0 Å². The van der Waals surface area contributed by atoms with E-state index in [1.54, 1.807) is 66.7 Å². The first-order valence-corrected chi connectivity index (χ1v) is 21.6. The molecule has 3 aromatic heterocycles. The summed E-state index contributed by atoms with van der Waals surface area (Å²) >= 11 is 0. The van der Waals surface area contributed by atoms with Crippen molar-refractivity contribution in [2.24, 2.45) is 0 Å². The van der Waals surface area contributed by atoms with Crippen LogP contribution >= 0.6 is 0 Å². The van der Waals surface area contributed by atoms with Gasteiger partial charge in [0.1, 0.15) is 0 Å². The molecule has 5 nitrogen and oxygen atoms in total. The summed E-state index contributed by atoms with van der Waals surface area (Å²) < 4.78 is 251. The van der Waals surface area contributed by atoms with Crippen molar-refractivity contribution in [3.8, 4) is 34.4 Å². The Morgan fingerprint density at radius 3 is 1.45 bits per heavy atom. The van der Waals surface area contributed by atoms with Gasteiger partial charge in [-0.2, -0.15) is 15.0 Å². The average molecular weight is 863 g/mol. The van der Waals surface area contributed by atoms with E-state index in [0.717, 1.165) is 9.13 Å². The SMILES string of the molecule is [2H]c1c([2H])c(-c2nc(-n3c4c([2H])c([2H])c([2H])c([2H])c4c4c([2H])c([2H])c([2H])c([2H])c43)nc(-n3c4c([2H])c([2H])c([2H])c([2H])c4c4c([2H])c([2H])c([2H])c([2H])c43)n2)c([2H])c([Si](c2ccccc2)(c2cccc(-c3ccccc3)c2)c2c([2H])c([2H])c([2H])c(C([2H])([2H])[2H])c2[2H])c1[2H]. The van der Waals surface area contributed by atoms with Crippen LogP contribution in [0.15, 0.2) is 230 Å². The molecule has 302 valence electrons.